The smallest absolute Gasteiger partial charge is 0.267 e. The third-order valence-corrected chi connectivity index (χ3v) is 7.44. The fourth-order valence-corrected chi connectivity index (χ4v) is 5.88. The summed E-state index contributed by atoms with van der Waals surface area (Å²) in [5, 5.41) is 12.9. The number of phenolic OH excluding ortho intramolecular Hbond substituents is 1. The van der Waals surface area contributed by atoms with Crippen molar-refractivity contribution in [2.75, 3.05) is 0 Å². The van der Waals surface area contributed by atoms with E-state index >= 15 is 0 Å². The fraction of sp³-hybridized carbons (Fsp3) is 0.240. The summed E-state index contributed by atoms with van der Waals surface area (Å²) in [7, 11) is 0. The zero-order valence-corrected chi connectivity index (χ0v) is 19.1. The molecule has 1 aliphatic heterocycles. The van der Waals surface area contributed by atoms with Gasteiger partial charge in [0.05, 0.1) is 10.6 Å². The molecule has 2 heterocycles. The number of nitrogens with zero attached hydrogens (tertiary/aromatic N) is 3. The van der Waals surface area contributed by atoms with E-state index < -0.39 is 0 Å². The van der Waals surface area contributed by atoms with Gasteiger partial charge in [0.2, 0.25) is 5.13 Å². The van der Waals surface area contributed by atoms with Crippen molar-refractivity contribution in [1.82, 2.24) is 9.88 Å². The summed E-state index contributed by atoms with van der Waals surface area (Å²) in [6, 6.07) is 17.1. The lowest BCUT2D eigenvalue weighted by Gasteiger charge is -2.30. The van der Waals surface area contributed by atoms with Crippen LogP contribution in [0.5, 0.6) is 5.75 Å². The van der Waals surface area contributed by atoms with Crippen molar-refractivity contribution >= 4 is 45.4 Å². The van der Waals surface area contributed by atoms with E-state index in [-0.39, 0.29) is 17.7 Å². The normalized spacial score (nSPS) is 19.9. The van der Waals surface area contributed by atoms with Crippen LogP contribution in [0.3, 0.4) is 0 Å². The van der Waals surface area contributed by atoms with Gasteiger partial charge in [0.15, 0.2) is 5.17 Å². The second-order valence-electron chi connectivity index (χ2n) is 7.94. The van der Waals surface area contributed by atoms with Crippen LogP contribution in [0.4, 0.5) is 5.13 Å². The molecule has 0 unspecified atom stereocenters. The average Bonchev–Trinajstić information content (AvgIpc) is 3.41. The van der Waals surface area contributed by atoms with Gasteiger partial charge < -0.3 is 5.11 Å². The van der Waals surface area contributed by atoms with Gasteiger partial charge in [0.25, 0.3) is 5.91 Å². The molecule has 1 N–H and O–H groups in total. The van der Waals surface area contributed by atoms with Crippen LogP contribution in [0.2, 0.25) is 0 Å². The van der Waals surface area contributed by atoms with E-state index in [1.165, 1.54) is 29.5 Å². The number of hydrogen-bond donors (Lipinski definition) is 1. The van der Waals surface area contributed by atoms with Gasteiger partial charge >= 0.3 is 0 Å². The molecule has 162 valence electrons. The Morgan fingerprint density at radius 3 is 2.53 bits per heavy atom. The first kappa shape index (κ1) is 21.0. The maximum Gasteiger partial charge on any atom is 0.267 e. The Balaban J connectivity index is 1.47. The predicted molar refractivity (Wildman–Crippen MR) is 132 cm³/mol. The number of aromatic nitrogens is 1. The van der Waals surface area contributed by atoms with Crippen molar-refractivity contribution in [1.29, 1.82) is 0 Å². The highest BCUT2D eigenvalue weighted by molar-refractivity contribution is 8.18. The highest BCUT2D eigenvalue weighted by Crippen LogP contribution is 2.39. The van der Waals surface area contributed by atoms with E-state index in [1.807, 2.05) is 58.8 Å². The largest absolute Gasteiger partial charge is 0.508 e. The first-order chi connectivity index (χ1) is 15.7. The Hall–Kier alpha value is -2.90. The Labute approximate surface area is 195 Å². The number of aliphatic imine (C=N–C) groups is 1. The summed E-state index contributed by atoms with van der Waals surface area (Å²) < 4.78 is 0. The lowest BCUT2D eigenvalue weighted by Crippen LogP contribution is -2.40. The highest BCUT2D eigenvalue weighted by Gasteiger charge is 2.38. The van der Waals surface area contributed by atoms with Gasteiger partial charge in [-0.05, 0) is 48.4 Å². The number of aromatic hydroxyl groups is 1. The number of phenols is 1. The quantitative estimate of drug-likeness (QED) is 0.453. The first-order valence-corrected chi connectivity index (χ1v) is 12.5. The van der Waals surface area contributed by atoms with Crippen LogP contribution in [0.25, 0.3) is 17.3 Å². The number of thiazole rings is 1. The summed E-state index contributed by atoms with van der Waals surface area (Å²) in [4.78, 5) is 25.5. The summed E-state index contributed by atoms with van der Waals surface area (Å²) in [5.41, 5.74) is 2.83. The zero-order chi connectivity index (χ0) is 21.9. The molecule has 1 saturated heterocycles. The average molecular weight is 462 g/mol. The molecule has 2 fully saturated rings. The number of amidine groups is 1. The highest BCUT2D eigenvalue weighted by atomic mass is 32.2. The van der Waals surface area contributed by atoms with Crippen LogP contribution in [0, 0.1) is 0 Å². The molecule has 5 nitrogen and oxygen atoms in total. The van der Waals surface area contributed by atoms with Crippen molar-refractivity contribution in [3.05, 3.63) is 70.4 Å². The number of thioether (sulfide) groups is 1. The van der Waals surface area contributed by atoms with Crippen molar-refractivity contribution in [3.8, 4) is 17.0 Å². The number of amides is 1. The molecule has 2 aromatic carbocycles. The van der Waals surface area contributed by atoms with Gasteiger partial charge in [0.1, 0.15) is 5.75 Å². The molecule has 0 spiro atoms. The molecule has 32 heavy (non-hydrogen) atoms. The Morgan fingerprint density at radius 2 is 1.78 bits per heavy atom. The van der Waals surface area contributed by atoms with Gasteiger partial charge in [-0.15, -0.1) is 11.3 Å². The van der Waals surface area contributed by atoms with Gasteiger partial charge in [-0.2, -0.15) is 4.99 Å². The van der Waals surface area contributed by atoms with E-state index in [9.17, 15) is 9.90 Å². The predicted octanol–water partition coefficient (Wildman–Crippen LogP) is 6.45. The second kappa shape index (κ2) is 9.30. The van der Waals surface area contributed by atoms with Crippen LogP contribution in [0.15, 0.2) is 69.9 Å². The van der Waals surface area contributed by atoms with E-state index in [1.54, 1.807) is 12.1 Å². The number of benzene rings is 2. The summed E-state index contributed by atoms with van der Waals surface area (Å²) in [5.74, 6) is 0.218. The summed E-state index contributed by atoms with van der Waals surface area (Å²) >= 11 is 2.90. The molecule has 2 aliphatic rings. The van der Waals surface area contributed by atoms with Gasteiger partial charge in [0, 0.05) is 17.0 Å². The third-order valence-electron chi connectivity index (χ3n) is 5.72. The zero-order valence-electron chi connectivity index (χ0n) is 17.5. The van der Waals surface area contributed by atoms with E-state index in [0.717, 1.165) is 42.5 Å². The molecular formula is C25H23N3O2S2. The molecule has 1 aromatic heterocycles. The van der Waals surface area contributed by atoms with Crippen LogP contribution >= 0.6 is 23.1 Å². The Morgan fingerprint density at radius 1 is 1.03 bits per heavy atom. The SMILES string of the molecule is O=C1/C(=C/c2ccc(O)cc2)S/C(=N/c2nc(-c3ccccc3)cs2)N1C1CCCCC1. The maximum absolute atomic E-state index is 13.4. The molecule has 0 radical (unpaired) electrons. The van der Waals surface area contributed by atoms with Crippen molar-refractivity contribution in [3.63, 3.8) is 0 Å². The Kier molecular flexibility index (Phi) is 6.10. The third kappa shape index (κ3) is 4.49. The molecule has 0 atom stereocenters. The van der Waals surface area contributed by atoms with E-state index in [0.29, 0.717) is 15.2 Å². The molecule has 0 bridgehead atoms. The molecule has 1 aliphatic carbocycles. The summed E-state index contributed by atoms with van der Waals surface area (Å²) in [6.07, 6.45) is 7.39. The minimum Gasteiger partial charge on any atom is -0.508 e. The maximum atomic E-state index is 13.4. The Bertz CT molecular complexity index is 1160. The number of hydrogen-bond acceptors (Lipinski definition) is 6. The number of carbonyl (C=O) groups is 1. The standard InChI is InChI=1S/C25H23N3O2S2/c29-20-13-11-17(12-14-20)15-22-23(30)28(19-9-5-2-6-10-19)25(32-22)27-24-26-21(16-31-24)18-7-3-1-4-8-18/h1,3-4,7-8,11-16,19,29H,2,5-6,9-10H2/b22-15-,27-25+. The number of carbonyl (C=O) groups excluding carboxylic acids is 1. The van der Waals surface area contributed by atoms with Crippen molar-refractivity contribution in [2.24, 2.45) is 4.99 Å². The van der Waals surface area contributed by atoms with Gasteiger partial charge in [-0.25, -0.2) is 4.98 Å². The monoisotopic (exact) mass is 461 g/mol. The molecular weight excluding hydrogens is 438 g/mol. The topological polar surface area (TPSA) is 65.8 Å². The lowest BCUT2D eigenvalue weighted by molar-refractivity contribution is -0.124. The minimum absolute atomic E-state index is 0.00793. The van der Waals surface area contributed by atoms with E-state index in [4.69, 9.17) is 9.98 Å². The fourth-order valence-electron chi connectivity index (χ4n) is 4.09. The van der Waals surface area contributed by atoms with Crippen LogP contribution in [-0.4, -0.2) is 32.1 Å². The van der Waals surface area contributed by atoms with Crippen LogP contribution < -0.4 is 0 Å². The lowest BCUT2D eigenvalue weighted by atomic mass is 9.94. The number of rotatable bonds is 4. The van der Waals surface area contributed by atoms with Gasteiger partial charge in [-0.1, -0.05) is 61.7 Å². The second-order valence-corrected chi connectivity index (χ2v) is 9.79. The molecule has 3 aromatic rings. The summed E-state index contributed by atoms with van der Waals surface area (Å²) in [6.45, 7) is 0. The first-order valence-electron chi connectivity index (χ1n) is 10.8. The van der Waals surface area contributed by atoms with E-state index in [2.05, 4.69) is 0 Å². The van der Waals surface area contributed by atoms with Crippen LogP contribution in [0.1, 0.15) is 37.7 Å². The van der Waals surface area contributed by atoms with Crippen molar-refractivity contribution in [2.45, 2.75) is 38.1 Å². The molecule has 1 saturated carbocycles. The van der Waals surface area contributed by atoms with Gasteiger partial charge in [-0.3, -0.25) is 9.69 Å². The molecule has 7 heteroatoms. The van der Waals surface area contributed by atoms with Crippen molar-refractivity contribution < 1.29 is 9.90 Å². The van der Waals surface area contributed by atoms with Crippen LogP contribution in [-0.2, 0) is 4.79 Å². The molecule has 1 amide bonds. The minimum atomic E-state index is 0.00793. The molecule has 5 rings (SSSR count).